The second-order valence-corrected chi connectivity index (χ2v) is 8.50. The summed E-state index contributed by atoms with van der Waals surface area (Å²) in [5.41, 5.74) is 4.60. The molecule has 1 N–H and O–H groups in total. The minimum atomic E-state index is -0.142. The van der Waals surface area contributed by atoms with Crippen LogP contribution in [0, 0.1) is 0 Å². The van der Waals surface area contributed by atoms with E-state index in [1.807, 2.05) is 29.2 Å². The predicted octanol–water partition coefficient (Wildman–Crippen LogP) is 4.02. The summed E-state index contributed by atoms with van der Waals surface area (Å²) in [5.74, 6) is 0.191. The van der Waals surface area contributed by atoms with Crippen molar-refractivity contribution in [1.29, 1.82) is 0 Å². The molecule has 1 aromatic heterocycles. The molecule has 0 saturated carbocycles. The number of aromatic nitrogens is 1. The van der Waals surface area contributed by atoms with E-state index < -0.39 is 0 Å². The van der Waals surface area contributed by atoms with Crippen LogP contribution in [0.3, 0.4) is 0 Å². The Labute approximate surface area is 181 Å². The zero-order valence-corrected chi connectivity index (χ0v) is 17.7. The number of aromatic amines is 1. The average molecular weight is 424 g/mol. The molecule has 0 radical (unpaired) electrons. The van der Waals surface area contributed by atoms with Crippen molar-refractivity contribution in [2.24, 2.45) is 0 Å². The minimum absolute atomic E-state index is 0.142. The second kappa shape index (κ2) is 8.42. The van der Waals surface area contributed by atoms with Gasteiger partial charge in [0.25, 0.3) is 0 Å². The van der Waals surface area contributed by atoms with Crippen LogP contribution in [-0.4, -0.2) is 60.1 Å². The number of nitrogens with zero attached hydrogens (tertiary/aromatic N) is 2. The molecule has 0 bridgehead atoms. The van der Waals surface area contributed by atoms with E-state index in [9.17, 15) is 4.79 Å². The molecule has 5 rings (SSSR count). The van der Waals surface area contributed by atoms with Crippen LogP contribution in [0.2, 0.25) is 5.02 Å². The molecule has 2 aromatic carbocycles. The van der Waals surface area contributed by atoms with Crippen LogP contribution in [0.15, 0.2) is 48.5 Å². The average Bonchev–Trinajstić information content (AvgIpc) is 3.16. The maximum Gasteiger partial charge on any atom is 0.224 e. The third-order valence-electron chi connectivity index (χ3n) is 6.26. The lowest BCUT2D eigenvalue weighted by Gasteiger charge is -2.37. The van der Waals surface area contributed by atoms with E-state index in [4.69, 9.17) is 16.3 Å². The number of carbonyl (C=O) groups is 1. The fraction of sp³-hybridized carbons (Fsp3) is 0.375. The second-order valence-electron chi connectivity index (χ2n) is 8.06. The largest absolute Gasteiger partial charge is 0.379 e. The number of halogens is 1. The third kappa shape index (κ3) is 3.73. The van der Waals surface area contributed by atoms with Gasteiger partial charge in [-0.1, -0.05) is 41.9 Å². The minimum Gasteiger partial charge on any atom is -0.379 e. The molecule has 0 unspecified atom stereocenters. The molecule has 6 heteroatoms. The molecule has 0 aliphatic carbocycles. The summed E-state index contributed by atoms with van der Waals surface area (Å²) in [4.78, 5) is 21.3. The van der Waals surface area contributed by atoms with Crippen LogP contribution in [0.5, 0.6) is 0 Å². The summed E-state index contributed by atoms with van der Waals surface area (Å²) in [6.45, 7) is 4.80. The first-order chi connectivity index (χ1) is 14.7. The van der Waals surface area contributed by atoms with Crippen molar-refractivity contribution in [3.8, 4) is 0 Å². The van der Waals surface area contributed by atoms with E-state index in [1.54, 1.807) is 0 Å². The van der Waals surface area contributed by atoms with Crippen molar-refractivity contribution >= 4 is 28.4 Å². The van der Waals surface area contributed by atoms with Crippen LogP contribution in [0.4, 0.5) is 0 Å². The number of rotatable bonds is 4. The highest BCUT2D eigenvalue weighted by Gasteiger charge is 2.34. The number of amides is 1. The normalized spacial score (nSPS) is 19.8. The molecule has 1 fully saturated rings. The highest BCUT2D eigenvalue weighted by atomic mass is 35.5. The van der Waals surface area contributed by atoms with E-state index in [2.05, 4.69) is 34.1 Å². The Hall–Kier alpha value is -2.34. The molecule has 156 valence electrons. The van der Waals surface area contributed by atoms with Crippen molar-refractivity contribution in [3.63, 3.8) is 0 Å². The van der Waals surface area contributed by atoms with Crippen molar-refractivity contribution in [2.45, 2.75) is 18.9 Å². The third-order valence-corrected chi connectivity index (χ3v) is 6.50. The van der Waals surface area contributed by atoms with E-state index in [1.165, 1.54) is 10.9 Å². The fourth-order valence-corrected chi connectivity index (χ4v) is 4.95. The number of fused-ring (bicyclic) bond motifs is 3. The number of benzene rings is 2. The number of carbonyl (C=O) groups excluding carboxylic acids is 1. The van der Waals surface area contributed by atoms with Gasteiger partial charge in [-0.15, -0.1) is 0 Å². The van der Waals surface area contributed by atoms with Gasteiger partial charge in [0.05, 0.1) is 19.3 Å². The Balaban J connectivity index is 1.47. The van der Waals surface area contributed by atoms with Crippen molar-refractivity contribution in [3.05, 3.63) is 70.4 Å². The quantitative estimate of drug-likeness (QED) is 0.689. The molecule has 5 nitrogen and oxygen atoms in total. The van der Waals surface area contributed by atoms with Crippen LogP contribution >= 0.6 is 11.6 Å². The van der Waals surface area contributed by atoms with E-state index in [0.717, 1.165) is 56.0 Å². The number of nitrogens with one attached hydrogen (secondary N) is 1. The predicted molar refractivity (Wildman–Crippen MR) is 119 cm³/mol. The first-order valence-electron chi connectivity index (χ1n) is 10.7. The van der Waals surface area contributed by atoms with Gasteiger partial charge in [-0.25, -0.2) is 0 Å². The molecule has 2 aliphatic heterocycles. The molecule has 2 aliphatic rings. The Morgan fingerprint density at radius 2 is 1.93 bits per heavy atom. The number of para-hydroxylation sites is 1. The zero-order valence-electron chi connectivity index (χ0n) is 16.9. The molecule has 30 heavy (non-hydrogen) atoms. The fourth-order valence-electron chi connectivity index (χ4n) is 4.75. The first kappa shape index (κ1) is 19.6. The van der Waals surface area contributed by atoms with Gasteiger partial charge in [0.15, 0.2) is 0 Å². The first-order valence-corrected chi connectivity index (χ1v) is 11.0. The van der Waals surface area contributed by atoms with Crippen LogP contribution in [0.1, 0.15) is 29.3 Å². The molecule has 1 amide bonds. The van der Waals surface area contributed by atoms with Crippen molar-refractivity contribution in [1.82, 2.24) is 14.8 Å². The lowest BCUT2D eigenvalue weighted by Crippen LogP contribution is -2.43. The summed E-state index contributed by atoms with van der Waals surface area (Å²) in [6, 6.07) is 16.1. The Morgan fingerprint density at radius 3 is 2.77 bits per heavy atom. The monoisotopic (exact) mass is 423 g/mol. The number of H-pyrrole nitrogens is 1. The Morgan fingerprint density at radius 1 is 1.10 bits per heavy atom. The molecule has 1 saturated heterocycles. The summed E-state index contributed by atoms with van der Waals surface area (Å²) in [7, 11) is 0. The lowest BCUT2D eigenvalue weighted by molar-refractivity contribution is -0.134. The summed E-state index contributed by atoms with van der Waals surface area (Å²) in [6.07, 6.45) is 1.38. The van der Waals surface area contributed by atoms with Crippen molar-refractivity contribution in [2.75, 3.05) is 39.4 Å². The van der Waals surface area contributed by atoms with Crippen LogP contribution in [-0.2, 0) is 16.0 Å². The topological polar surface area (TPSA) is 48.6 Å². The molecule has 0 spiro atoms. The molecule has 1 atom stereocenters. The van der Waals surface area contributed by atoms with Gasteiger partial charge in [0.2, 0.25) is 5.91 Å². The van der Waals surface area contributed by atoms with E-state index >= 15 is 0 Å². The highest BCUT2D eigenvalue weighted by Crippen LogP contribution is 2.39. The van der Waals surface area contributed by atoms with Gasteiger partial charge in [-0.05, 0) is 35.7 Å². The summed E-state index contributed by atoms with van der Waals surface area (Å²) in [5, 5.41) is 1.94. The van der Waals surface area contributed by atoms with Crippen LogP contribution < -0.4 is 0 Å². The van der Waals surface area contributed by atoms with E-state index in [-0.39, 0.29) is 11.9 Å². The summed E-state index contributed by atoms with van der Waals surface area (Å²) < 4.78 is 5.42. The van der Waals surface area contributed by atoms with Gasteiger partial charge in [0, 0.05) is 54.2 Å². The maximum absolute atomic E-state index is 13.4. The number of hydrogen-bond acceptors (Lipinski definition) is 3. The summed E-state index contributed by atoms with van der Waals surface area (Å²) >= 11 is 6.33. The standard InChI is InChI=1S/C24H26ClN3O2/c25-18-5-3-4-17(16-18)24-23-20(19-6-1-2-7-21(19)26-23)8-11-28(24)22(29)9-10-27-12-14-30-15-13-27/h1-7,16,24,26H,8-15H2/t24-/m0/s1. The smallest absolute Gasteiger partial charge is 0.224 e. The van der Waals surface area contributed by atoms with Gasteiger partial charge < -0.3 is 14.6 Å². The number of hydrogen-bond donors (Lipinski definition) is 1. The number of ether oxygens (including phenoxy) is 1. The van der Waals surface area contributed by atoms with E-state index in [0.29, 0.717) is 18.0 Å². The SMILES string of the molecule is O=C(CCN1CCOCC1)N1CCc2c([nH]c3ccccc23)[C@@H]1c1cccc(Cl)c1. The van der Waals surface area contributed by atoms with Gasteiger partial charge >= 0.3 is 0 Å². The van der Waals surface area contributed by atoms with Gasteiger partial charge in [0.1, 0.15) is 0 Å². The molecular formula is C24H26ClN3O2. The van der Waals surface area contributed by atoms with Crippen molar-refractivity contribution < 1.29 is 9.53 Å². The van der Waals surface area contributed by atoms with Gasteiger partial charge in [-0.2, -0.15) is 0 Å². The Bertz CT molecular complexity index is 1060. The Kier molecular flexibility index (Phi) is 5.50. The molecular weight excluding hydrogens is 398 g/mol. The number of morpholine rings is 1. The van der Waals surface area contributed by atoms with Crippen LogP contribution in [0.25, 0.3) is 10.9 Å². The molecule has 3 aromatic rings. The lowest BCUT2D eigenvalue weighted by atomic mass is 9.92. The van der Waals surface area contributed by atoms with Gasteiger partial charge in [-0.3, -0.25) is 9.69 Å². The maximum atomic E-state index is 13.4. The molecule has 3 heterocycles. The highest BCUT2D eigenvalue weighted by molar-refractivity contribution is 6.30. The zero-order chi connectivity index (χ0) is 20.5.